The third-order valence-electron chi connectivity index (χ3n) is 5.32. The van der Waals surface area contributed by atoms with Gasteiger partial charge in [0.05, 0.1) is 19.4 Å². The van der Waals surface area contributed by atoms with Crippen LogP contribution in [0.2, 0.25) is 0 Å². The first-order valence-corrected chi connectivity index (χ1v) is 10.8. The number of nitrogens with one attached hydrogen (secondary N) is 1. The van der Waals surface area contributed by atoms with Gasteiger partial charge in [-0.15, -0.1) is 11.3 Å². The smallest absolute Gasteiger partial charge is 0.291 e. The number of rotatable bonds is 6. The van der Waals surface area contributed by atoms with Crippen molar-refractivity contribution in [2.75, 3.05) is 25.5 Å². The number of amides is 1. The van der Waals surface area contributed by atoms with E-state index in [9.17, 15) is 4.79 Å². The van der Waals surface area contributed by atoms with Crippen molar-refractivity contribution >= 4 is 22.2 Å². The van der Waals surface area contributed by atoms with E-state index >= 15 is 0 Å². The third kappa shape index (κ3) is 4.38. The van der Waals surface area contributed by atoms with Crippen LogP contribution in [0.5, 0.6) is 5.75 Å². The molecule has 0 radical (unpaired) electrons. The molecule has 1 unspecified atom stereocenters. The molecule has 0 aliphatic carbocycles. The second-order valence-corrected chi connectivity index (χ2v) is 8.61. The van der Waals surface area contributed by atoms with Gasteiger partial charge in [-0.05, 0) is 68.8 Å². The lowest BCUT2D eigenvalue weighted by atomic mass is 9.95. The van der Waals surface area contributed by atoms with Crippen molar-refractivity contribution in [1.29, 1.82) is 0 Å². The second-order valence-electron chi connectivity index (χ2n) is 7.35. The number of carbonyl (C=O) groups is 1. The van der Waals surface area contributed by atoms with Gasteiger partial charge in [0.1, 0.15) is 10.8 Å². The largest absolute Gasteiger partial charge is 0.497 e. The molecule has 1 amide bonds. The Morgan fingerprint density at radius 3 is 2.72 bits per heavy atom. The summed E-state index contributed by atoms with van der Waals surface area (Å²) in [6.07, 6.45) is 5.17. The van der Waals surface area contributed by atoms with E-state index in [1.807, 2.05) is 12.1 Å². The van der Waals surface area contributed by atoms with Crippen molar-refractivity contribution in [3.63, 3.8) is 0 Å². The minimum atomic E-state index is -0.221. The van der Waals surface area contributed by atoms with Crippen LogP contribution in [0.3, 0.4) is 0 Å². The molecule has 6 heteroatoms. The summed E-state index contributed by atoms with van der Waals surface area (Å²) in [5, 5.41) is 3.96. The van der Waals surface area contributed by atoms with Crippen LogP contribution in [0, 0.1) is 6.92 Å². The maximum absolute atomic E-state index is 12.6. The summed E-state index contributed by atoms with van der Waals surface area (Å²) >= 11 is 1.61. The average molecular weight is 411 g/mol. The maximum atomic E-state index is 12.6. The molecule has 1 aromatic carbocycles. The summed E-state index contributed by atoms with van der Waals surface area (Å²) in [7, 11) is 1.69. The summed E-state index contributed by atoms with van der Waals surface area (Å²) in [4.78, 5) is 16.3. The Labute approximate surface area is 175 Å². The Morgan fingerprint density at radius 1 is 1.17 bits per heavy atom. The molecule has 0 saturated carbocycles. The quantitative estimate of drug-likeness (QED) is 0.584. The lowest BCUT2D eigenvalue weighted by molar-refractivity contribution is 0.0996. The van der Waals surface area contributed by atoms with Crippen molar-refractivity contribution in [2.24, 2.45) is 0 Å². The average Bonchev–Trinajstić information content (AvgIpc) is 3.40. The van der Waals surface area contributed by atoms with E-state index < -0.39 is 0 Å². The van der Waals surface area contributed by atoms with Crippen molar-refractivity contribution in [3.8, 4) is 5.75 Å². The van der Waals surface area contributed by atoms with Gasteiger partial charge in [-0.1, -0.05) is 18.6 Å². The first-order valence-electron chi connectivity index (χ1n) is 9.99. The number of hydrogen-bond acceptors (Lipinski definition) is 5. The molecule has 1 aliphatic rings. The Bertz CT molecular complexity index is 958. The van der Waals surface area contributed by atoms with Gasteiger partial charge in [0.2, 0.25) is 0 Å². The summed E-state index contributed by atoms with van der Waals surface area (Å²) in [5.41, 5.74) is 2.31. The molecule has 5 nitrogen and oxygen atoms in total. The number of methoxy groups -OCH3 is 1. The van der Waals surface area contributed by atoms with Crippen LogP contribution in [0.25, 0.3) is 0 Å². The molecular formula is C23H26N2O3S. The van der Waals surface area contributed by atoms with Crippen LogP contribution in [0.4, 0.5) is 5.00 Å². The molecule has 3 heterocycles. The van der Waals surface area contributed by atoms with Gasteiger partial charge in [-0.3, -0.25) is 9.69 Å². The van der Waals surface area contributed by atoms with Gasteiger partial charge in [0.15, 0.2) is 5.76 Å². The van der Waals surface area contributed by atoms with Gasteiger partial charge in [-0.25, -0.2) is 0 Å². The number of likely N-dealkylation sites (tertiary alicyclic amines) is 1. The monoisotopic (exact) mass is 410 g/mol. The Morgan fingerprint density at radius 2 is 2.00 bits per heavy atom. The second kappa shape index (κ2) is 8.84. The molecule has 1 N–H and O–H groups in total. The highest BCUT2D eigenvalue weighted by Gasteiger charge is 2.28. The van der Waals surface area contributed by atoms with Crippen LogP contribution in [-0.2, 0) is 0 Å². The molecule has 0 bridgehead atoms. The molecule has 1 fully saturated rings. The van der Waals surface area contributed by atoms with Gasteiger partial charge in [0.25, 0.3) is 5.91 Å². The summed E-state index contributed by atoms with van der Waals surface area (Å²) in [5.74, 6) is 0.941. The molecule has 152 valence electrons. The highest BCUT2D eigenvalue weighted by atomic mass is 32.1. The Kier molecular flexibility index (Phi) is 6.02. The molecule has 4 rings (SSSR count). The fourth-order valence-electron chi connectivity index (χ4n) is 3.98. The van der Waals surface area contributed by atoms with Crippen LogP contribution < -0.4 is 10.1 Å². The fourth-order valence-corrected chi connectivity index (χ4v) is 4.92. The predicted octanol–water partition coefficient (Wildman–Crippen LogP) is 5.49. The number of anilines is 1. The van der Waals surface area contributed by atoms with Gasteiger partial charge >= 0.3 is 0 Å². The van der Waals surface area contributed by atoms with Gasteiger partial charge in [0, 0.05) is 10.4 Å². The van der Waals surface area contributed by atoms with Crippen LogP contribution >= 0.6 is 11.3 Å². The van der Waals surface area contributed by atoms with E-state index in [1.54, 1.807) is 30.6 Å². The summed E-state index contributed by atoms with van der Waals surface area (Å²) in [6, 6.07) is 13.9. The fraction of sp³-hybridized carbons (Fsp3) is 0.348. The van der Waals surface area contributed by atoms with E-state index in [4.69, 9.17) is 9.15 Å². The van der Waals surface area contributed by atoms with E-state index in [0.717, 1.165) is 29.4 Å². The number of piperidine rings is 1. The number of ether oxygens (including phenoxy) is 1. The van der Waals surface area contributed by atoms with Crippen LogP contribution in [-0.4, -0.2) is 31.0 Å². The highest BCUT2D eigenvalue weighted by Crippen LogP contribution is 2.40. The molecule has 3 aromatic rings. The van der Waals surface area contributed by atoms with E-state index in [2.05, 4.69) is 35.3 Å². The van der Waals surface area contributed by atoms with Crippen LogP contribution in [0.15, 0.2) is 53.1 Å². The van der Waals surface area contributed by atoms with E-state index in [1.165, 1.54) is 36.0 Å². The molecule has 29 heavy (non-hydrogen) atoms. The molecule has 2 aromatic heterocycles. The normalized spacial score (nSPS) is 15.8. The third-order valence-corrected chi connectivity index (χ3v) is 6.30. The number of carbonyl (C=O) groups excluding carboxylic acids is 1. The van der Waals surface area contributed by atoms with Gasteiger partial charge in [-0.2, -0.15) is 0 Å². The standard InChI is InChI=1S/C23H26N2O3S/c1-16-14-19(23(29-16)24-22(26)20-10-7-13-28-20)21(25-11-4-3-5-12-25)17-8-6-9-18(15-17)27-2/h6-10,13-15,21H,3-5,11-12H2,1-2H3,(H,24,26). The summed E-state index contributed by atoms with van der Waals surface area (Å²) < 4.78 is 10.8. The lowest BCUT2D eigenvalue weighted by Crippen LogP contribution is -2.34. The first kappa shape index (κ1) is 19.7. The zero-order valence-electron chi connectivity index (χ0n) is 16.8. The number of hydrogen-bond donors (Lipinski definition) is 1. The maximum Gasteiger partial charge on any atom is 0.291 e. The first-order chi connectivity index (χ1) is 14.2. The van der Waals surface area contributed by atoms with E-state index in [0.29, 0.717) is 5.76 Å². The van der Waals surface area contributed by atoms with Crippen molar-refractivity contribution in [3.05, 3.63) is 70.5 Å². The minimum Gasteiger partial charge on any atom is -0.497 e. The molecular weight excluding hydrogens is 384 g/mol. The molecule has 1 atom stereocenters. The molecule has 0 spiro atoms. The zero-order valence-corrected chi connectivity index (χ0v) is 17.6. The number of benzene rings is 1. The van der Waals surface area contributed by atoms with Crippen molar-refractivity contribution in [2.45, 2.75) is 32.2 Å². The topological polar surface area (TPSA) is 54.7 Å². The SMILES string of the molecule is COc1cccc(C(c2cc(C)sc2NC(=O)c2ccco2)N2CCCCC2)c1. The Hall–Kier alpha value is -2.57. The predicted molar refractivity (Wildman–Crippen MR) is 116 cm³/mol. The number of furan rings is 1. The summed E-state index contributed by atoms with van der Waals surface area (Å²) in [6.45, 7) is 4.17. The number of thiophene rings is 1. The number of nitrogens with zero attached hydrogens (tertiary/aromatic N) is 1. The number of aryl methyl sites for hydroxylation is 1. The van der Waals surface area contributed by atoms with E-state index in [-0.39, 0.29) is 11.9 Å². The van der Waals surface area contributed by atoms with Crippen molar-refractivity contribution in [1.82, 2.24) is 4.90 Å². The molecule has 1 aliphatic heterocycles. The minimum absolute atomic E-state index is 0.0715. The van der Waals surface area contributed by atoms with Crippen molar-refractivity contribution < 1.29 is 13.9 Å². The van der Waals surface area contributed by atoms with Gasteiger partial charge < -0.3 is 14.5 Å². The lowest BCUT2D eigenvalue weighted by Gasteiger charge is -2.35. The zero-order chi connectivity index (χ0) is 20.2. The Balaban J connectivity index is 1.73. The van der Waals surface area contributed by atoms with Crippen LogP contribution in [0.1, 0.15) is 51.9 Å². The molecule has 1 saturated heterocycles. The highest BCUT2D eigenvalue weighted by molar-refractivity contribution is 7.16.